The van der Waals surface area contributed by atoms with E-state index in [0.29, 0.717) is 47.1 Å². The third-order valence-electron chi connectivity index (χ3n) is 6.59. The third kappa shape index (κ3) is 7.77. The lowest BCUT2D eigenvalue weighted by atomic mass is 10.1. The predicted octanol–water partition coefficient (Wildman–Crippen LogP) is 6.56. The molecule has 11 nitrogen and oxygen atoms in total. The molecule has 0 aliphatic heterocycles. The number of ether oxygens (including phenoxy) is 2. The van der Waals surface area contributed by atoms with E-state index in [1.54, 1.807) is 72.0 Å². The summed E-state index contributed by atoms with van der Waals surface area (Å²) in [4.78, 5) is 49.1. The number of nitrogens with one attached hydrogen (secondary N) is 1. The molecule has 44 heavy (non-hydrogen) atoms. The van der Waals surface area contributed by atoms with Gasteiger partial charge in [0.05, 0.1) is 17.4 Å². The molecule has 0 radical (unpaired) electrons. The van der Waals surface area contributed by atoms with Gasteiger partial charge in [-0.25, -0.2) is 24.5 Å². The molecule has 230 valence electrons. The predicted molar refractivity (Wildman–Crippen MR) is 167 cm³/mol. The van der Waals surface area contributed by atoms with Crippen LogP contribution in [0.5, 0.6) is 0 Å². The SMILES string of the molecule is CC(C)(C)OC(=O)N(c1ccc2c(cnn2C(=O)OC(C)(C)C)c1)c1ccnc(-c2cccc(CCC(=O)NC3CC3)c2)n1. The lowest BCUT2D eigenvalue weighted by Crippen LogP contribution is -2.34. The molecule has 4 aromatic rings. The number of carbonyl (C=O) groups is 3. The zero-order valence-corrected chi connectivity index (χ0v) is 26.0. The van der Waals surface area contributed by atoms with Crippen LogP contribution in [0, 0.1) is 0 Å². The van der Waals surface area contributed by atoms with Crippen LogP contribution < -0.4 is 10.2 Å². The fourth-order valence-corrected chi connectivity index (χ4v) is 4.51. The van der Waals surface area contributed by atoms with E-state index in [9.17, 15) is 14.4 Å². The molecular formula is C33H38N6O5. The monoisotopic (exact) mass is 598 g/mol. The number of hydrogen-bond acceptors (Lipinski definition) is 8. The third-order valence-corrected chi connectivity index (χ3v) is 6.59. The summed E-state index contributed by atoms with van der Waals surface area (Å²) in [5.41, 5.74) is 1.28. The molecule has 1 fully saturated rings. The molecule has 2 amide bonds. The van der Waals surface area contributed by atoms with E-state index < -0.39 is 23.4 Å². The molecule has 0 bridgehead atoms. The second-order valence-corrected chi connectivity index (χ2v) is 12.9. The van der Waals surface area contributed by atoms with Crippen LogP contribution in [-0.4, -0.2) is 55.1 Å². The lowest BCUT2D eigenvalue weighted by Gasteiger charge is -2.27. The zero-order chi connectivity index (χ0) is 31.6. The van der Waals surface area contributed by atoms with E-state index in [2.05, 4.69) is 15.4 Å². The molecular weight excluding hydrogens is 560 g/mol. The molecule has 1 N–H and O–H groups in total. The smallest absolute Gasteiger partial charge is 0.435 e. The maximum absolute atomic E-state index is 13.6. The van der Waals surface area contributed by atoms with Gasteiger partial charge in [-0.15, -0.1) is 0 Å². The number of hydrogen-bond donors (Lipinski definition) is 1. The van der Waals surface area contributed by atoms with Crippen LogP contribution in [0.15, 0.2) is 60.9 Å². The first-order chi connectivity index (χ1) is 20.8. The van der Waals surface area contributed by atoms with Crippen LogP contribution in [0.2, 0.25) is 0 Å². The fourth-order valence-electron chi connectivity index (χ4n) is 4.51. The van der Waals surface area contributed by atoms with Crippen molar-refractivity contribution in [3.63, 3.8) is 0 Å². The summed E-state index contributed by atoms with van der Waals surface area (Å²) < 4.78 is 12.4. The number of aromatic nitrogens is 4. The van der Waals surface area contributed by atoms with Crippen molar-refractivity contribution in [2.45, 2.75) is 84.5 Å². The Morgan fingerprint density at radius 2 is 1.73 bits per heavy atom. The summed E-state index contributed by atoms with van der Waals surface area (Å²) in [7, 11) is 0. The van der Waals surface area contributed by atoms with Gasteiger partial charge in [0, 0.05) is 29.6 Å². The highest BCUT2D eigenvalue weighted by atomic mass is 16.6. The largest absolute Gasteiger partial charge is 0.443 e. The number of carbonyl (C=O) groups excluding carboxylic acids is 3. The van der Waals surface area contributed by atoms with E-state index in [1.807, 2.05) is 24.3 Å². The Morgan fingerprint density at radius 3 is 2.43 bits per heavy atom. The van der Waals surface area contributed by atoms with Crippen molar-refractivity contribution >= 4 is 40.5 Å². The fraction of sp³-hybridized carbons (Fsp3) is 0.394. The average Bonchev–Trinajstić information content (AvgIpc) is 3.65. The van der Waals surface area contributed by atoms with Crippen molar-refractivity contribution < 1.29 is 23.9 Å². The Morgan fingerprint density at radius 1 is 0.977 bits per heavy atom. The van der Waals surface area contributed by atoms with Crippen molar-refractivity contribution in [3.8, 4) is 11.4 Å². The van der Waals surface area contributed by atoms with Crippen LogP contribution in [0.25, 0.3) is 22.3 Å². The molecule has 0 unspecified atom stereocenters. The number of rotatable bonds is 7. The minimum atomic E-state index is -0.767. The first kappa shape index (κ1) is 30.7. The maximum atomic E-state index is 13.6. The molecule has 11 heteroatoms. The molecule has 1 aliphatic rings. The Hall–Kier alpha value is -4.80. The summed E-state index contributed by atoms with van der Waals surface area (Å²) >= 11 is 0. The molecule has 0 saturated heterocycles. The molecule has 1 saturated carbocycles. The standard InChI is InChI=1S/C33H38N6O5/c1-32(2,3)43-30(41)38(25-13-14-26-23(19-25)20-35-39(26)31(42)44-33(4,5)6)27-16-17-34-29(37-27)22-9-7-8-21(18-22)10-15-28(40)36-24-11-12-24/h7-9,13-14,16-20,24H,10-12,15H2,1-6H3,(H,36,40). The number of aryl methyl sites for hydroxylation is 1. The van der Waals surface area contributed by atoms with E-state index in [1.165, 1.54) is 15.8 Å². The number of anilines is 2. The van der Waals surface area contributed by atoms with Crippen LogP contribution in [0.3, 0.4) is 0 Å². The second-order valence-electron chi connectivity index (χ2n) is 12.9. The summed E-state index contributed by atoms with van der Waals surface area (Å²) in [5.74, 6) is 0.772. The van der Waals surface area contributed by atoms with Gasteiger partial charge in [0.2, 0.25) is 5.91 Å². The normalized spacial score (nSPS) is 13.4. The van der Waals surface area contributed by atoms with Crippen LogP contribution in [0.4, 0.5) is 21.1 Å². The summed E-state index contributed by atoms with van der Waals surface area (Å²) in [6.45, 7) is 10.7. The maximum Gasteiger partial charge on any atom is 0.435 e. The summed E-state index contributed by atoms with van der Waals surface area (Å²) in [6.07, 6.45) is 5.00. The minimum absolute atomic E-state index is 0.0535. The molecule has 0 atom stereocenters. The van der Waals surface area contributed by atoms with Gasteiger partial charge in [-0.3, -0.25) is 4.79 Å². The van der Waals surface area contributed by atoms with Gasteiger partial charge in [0.1, 0.15) is 17.0 Å². The highest BCUT2D eigenvalue weighted by molar-refractivity contribution is 5.98. The quantitative estimate of drug-likeness (QED) is 0.253. The van der Waals surface area contributed by atoms with Gasteiger partial charge in [-0.2, -0.15) is 9.78 Å². The number of fused-ring (bicyclic) bond motifs is 1. The lowest BCUT2D eigenvalue weighted by molar-refractivity contribution is -0.121. The molecule has 2 aromatic carbocycles. The average molecular weight is 599 g/mol. The first-order valence-electron chi connectivity index (χ1n) is 14.7. The van der Waals surface area contributed by atoms with Gasteiger partial charge >= 0.3 is 12.2 Å². The Labute approximate surface area is 256 Å². The van der Waals surface area contributed by atoms with Crippen LogP contribution in [0.1, 0.15) is 66.4 Å². The number of benzene rings is 2. The van der Waals surface area contributed by atoms with Gasteiger partial charge in [-0.05, 0) is 96.7 Å². The second kappa shape index (κ2) is 12.1. The topological polar surface area (TPSA) is 129 Å². The van der Waals surface area contributed by atoms with Crippen LogP contribution in [-0.2, 0) is 20.7 Å². The highest BCUT2D eigenvalue weighted by Crippen LogP contribution is 2.31. The van der Waals surface area contributed by atoms with Gasteiger partial charge < -0.3 is 14.8 Å². The number of nitrogens with zero attached hydrogens (tertiary/aromatic N) is 5. The molecule has 1 aliphatic carbocycles. The Kier molecular flexibility index (Phi) is 8.40. The Bertz CT molecular complexity index is 1700. The molecule has 2 heterocycles. The van der Waals surface area contributed by atoms with Gasteiger partial charge in [0.15, 0.2) is 5.82 Å². The molecule has 2 aromatic heterocycles. The van der Waals surface area contributed by atoms with Crippen molar-refractivity contribution in [2.75, 3.05) is 4.90 Å². The zero-order valence-electron chi connectivity index (χ0n) is 26.0. The van der Waals surface area contributed by atoms with Gasteiger partial charge in [0.25, 0.3) is 0 Å². The van der Waals surface area contributed by atoms with E-state index in [4.69, 9.17) is 14.5 Å². The van der Waals surface area contributed by atoms with Crippen molar-refractivity contribution in [3.05, 3.63) is 66.5 Å². The first-order valence-corrected chi connectivity index (χ1v) is 14.7. The van der Waals surface area contributed by atoms with E-state index in [0.717, 1.165) is 24.0 Å². The number of amides is 2. The van der Waals surface area contributed by atoms with Crippen LogP contribution >= 0.6 is 0 Å². The molecule has 0 spiro atoms. The van der Waals surface area contributed by atoms with E-state index >= 15 is 0 Å². The van der Waals surface area contributed by atoms with Crippen molar-refractivity contribution in [1.82, 2.24) is 25.1 Å². The van der Waals surface area contributed by atoms with Gasteiger partial charge in [-0.1, -0.05) is 18.2 Å². The molecule has 5 rings (SSSR count). The Balaban J connectivity index is 1.45. The van der Waals surface area contributed by atoms with Crippen molar-refractivity contribution in [1.29, 1.82) is 0 Å². The minimum Gasteiger partial charge on any atom is -0.443 e. The highest BCUT2D eigenvalue weighted by Gasteiger charge is 2.28. The summed E-state index contributed by atoms with van der Waals surface area (Å²) in [5, 5.41) is 7.86. The summed E-state index contributed by atoms with van der Waals surface area (Å²) in [6, 6.07) is 14.8. The van der Waals surface area contributed by atoms with Crippen molar-refractivity contribution in [2.24, 2.45) is 0 Å². The van der Waals surface area contributed by atoms with E-state index in [-0.39, 0.29) is 5.91 Å².